The Bertz CT molecular complexity index is 211. The Kier molecular flexibility index (Phi) is 8.17. The Balaban J connectivity index is 3.96. The van der Waals surface area contributed by atoms with E-state index < -0.39 is 0 Å². The second kappa shape index (κ2) is 8.48. The van der Waals surface area contributed by atoms with Crippen LogP contribution in [0.5, 0.6) is 0 Å². The number of nitrogens with one attached hydrogen (secondary N) is 1. The molecule has 1 unspecified atom stereocenters. The topological polar surface area (TPSA) is 58.6 Å². The summed E-state index contributed by atoms with van der Waals surface area (Å²) in [6.07, 6.45) is 1.83. The van der Waals surface area contributed by atoms with Crippen molar-refractivity contribution in [2.75, 3.05) is 19.8 Å². The molecule has 0 rings (SSSR count). The zero-order chi connectivity index (χ0) is 13.3. The Hall–Kier alpha value is -0.610. The van der Waals surface area contributed by atoms with Gasteiger partial charge < -0.3 is 15.2 Å². The molecule has 0 aliphatic rings. The maximum absolute atomic E-state index is 11.7. The summed E-state index contributed by atoms with van der Waals surface area (Å²) in [6.45, 7) is 9.55. The summed E-state index contributed by atoms with van der Waals surface area (Å²) in [7, 11) is 0. The van der Waals surface area contributed by atoms with E-state index in [1.165, 1.54) is 0 Å². The molecule has 4 heteroatoms. The van der Waals surface area contributed by atoms with E-state index in [1.54, 1.807) is 0 Å². The fourth-order valence-electron chi connectivity index (χ4n) is 1.60. The summed E-state index contributed by atoms with van der Waals surface area (Å²) in [5.41, 5.74) is -0.0295. The van der Waals surface area contributed by atoms with E-state index in [0.29, 0.717) is 26.1 Å². The maximum Gasteiger partial charge on any atom is 0.220 e. The summed E-state index contributed by atoms with van der Waals surface area (Å²) >= 11 is 0. The molecule has 0 aromatic heterocycles. The average Bonchev–Trinajstić information content (AvgIpc) is 2.22. The van der Waals surface area contributed by atoms with Crippen LogP contribution in [0.25, 0.3) is 0 Å². The molecule has 0 fully saturated rings. The molecular formula is C13H27NO3. The van der Waals surface area contributed by atoms with Gasteiger partial charge in [-0.2, -0.15) is 0 Å². The predicted octanol–water partition coefficient (Wildman–Crippen LogP) is 1.72. The van der Waals surface area contributed by atoms with Crippen LogP contribution in [0.3, 0.4) is 0 Å². The minimum absolute atomic E-state index is 0.0205. The highest BCUT2D eigenvalue weighted by Gasteiger charge is 2.25. The lowest BCUT2D eigenvalue weighted by Crippen LogP contribution is -2.44. The molecular weight excluding hydrogens is 218 g/mol. The lowest BCUT2D eigenvalue weighted by molar-refractivity contribution is -0.123. The van der Waals surface area contributed by atoms with Crippen LogP contribution in [0.15, 0.2) is 0 Å². The first kappa shape index (κ1) is 16.4. The normalized spacial score (nSPS) is 13.5. The summed E-state index contributed by atoms with van der Waals surface area (Å²) in [5.74, 6) is 0.0399. The number of rotatable bonds is 8. The highest BCUT2D eigenvalue weighted by atomic mass is 16.5. The highest BCUT2D eigenvalue weighted by Crippen LogP contribution is 2.21. The minimum atomic E-state index is -0.0295. The molecule has 0 aliphatic carbocycles. The Morgan fingerprint density at radius 3 is 2.53 bits per heavy atom. The van der Waals surface area contributed by atoms with E-state index in [0.717, 1.165) is 6.42 Å². The van der Waals surface area contributed by atoms with Crippen LogP contribution in [0, 0.1) is 5.41 Å². The molecule has 0 saturated carbocycles. The van der Waals surface area contributed by atoms with Crippen molar-refractivity contribution in [3.05, 3.63) is 0 Å². The van der Waals surface area contributed by atoms with Crippen LogP contribution in [0.2, 0.25) is 0 Å². The second-order valence-corrected chi connectivity index (χ2v) is 5.30. The Morgan fingerprint density at radius 2 is 2.06 bits per heavy atom. The standard InChI is InChI=1S/C13H27NO3/c1-5-17-10-6-7-12(16)14-11(8-9-15)13(2,3)4/h11,15H,5-10H2,1-4H3,(H,14,16). The van der Waals surface area contributed by atoms with Crippen molar-refractivity contribution >= 4 is 5.91 Å². The first-order chi connectivity index (χ1) is 7.91. The zero-order valence-corrected chi connectivity index (χ0v) is 11.6. The van der Waals surface area contributed by atoms with Crippen LogP contribution in [0.1, 0.15) is 47.0 Å². The molecule has 0 radical (unpaired) electrons. The lowest BCUT2D eigenvalue weighted by atomic mass is 9.85. The SMILES string of the molecule is CCOCCCC(=O)NC(CCO)C(C)(C)C. The van der Waals surface area contributed by atoms with Gasteiger partial charge in [-0.15, -0.1) is 0 Å². The van der Waals surface area contributed by atoms with Crippen LogP contribution in [-0.2, 0) is 9.53 Å². The first-order valence-corrected chi connectivity index (χ1v) is 6.39. The lowest BCUT2D eigenvalue weighted by Gasteiger charge is -2.31. The van der Waals surface area contributed by atoms with Gasteiger partial charge in [0.1, 0.15) is 0 Å². The molecule has 0 heterocycles. The number of ether oxygens (including phenoxy) is 1. The molecule has 2 N–H and O–H groups in total. The zero-order valence-electron chi connectivity index (χ0n) is 11.6. The van der Waals surface area contributed by atoms with E-state index in [4.69, 9.17) is 9.84 Å². The quantitative estimate of drug-likeness (QED) is 0.640. The second-order valence-electron chi connectivity index (χ2n) is 5.30. The summed E-state index contributed by atoms with van der Waals surface area (Å²) in [5, 5.41) is 12.0. The van der Waals surface area contributed by atoms with Crippen molar-refractivity contribution in [1.82, 2.24) is 5.32 Å². The van der Waals surface area contributed by atoms with E-state index in [9.17, 15) is 4.79 Å². The molecule has 102 valence electrons. The van der Waals surface area contributed by atoms with Gasteiger partial charge in [0.25, 0.3) is 0 Å². The predicted molar refractivity (Wildman–Crippen MR) is 68.8 cm³/mol. The maximum atomic E-state index is 11.7. The van der Waals surface area contributed by atoms with Gasteiger partial charge in [0.15, 0.2) is 0 Å². The van der Waals surface area contributed by atoms with Crippen LogP contribution < -0.4 is 5.32 Å². The molecule has 0 aliphatic heterocycles. The van der Waals surface area contributed by atoms with Crippen molar-refractivity contribution in [2.45, 2.75) is 53.0 Å². The number of hydrogen-bond donors (Lipinski definition) is 2. The van der Waals surface area contributed by atoms with Crippen molar-refractivity contribution < 1.29 is 14.6 Å². The van der Waals surface area contributed by atoms with Crippen molar-refractivity contribution in [3.8, 4) is 0 Å². The van der Waals surface area contributed by atoms with Crippen molar-refractivity contribution in [2.24, 2.45) is 5.41 Å². The fourth-order valence-corrected chi connectivity index (χ4v) is 1.60. The van der Waals surface area contributed by atoms with Gasteiger partial charge in [-0.3, -0.25) is 4.79 Å². The van der Waals surface area contributed by atoms with Gasteiger partial charge in [0.05, 0.1) is 0 Å². The molecule has 0 bridgehead atoms. The number of aliphatic hydroxyl groups is 1. The highest BCUT2D eigenvalue weighted by molar-refractivity contribution is 5.76. The molecule has 0 saturated heterocycles. The van der Waals surface area contributed by atoms with E-state index >= 15 is 0 Å². The third-order valence-electron chi connectivity index (χ3n) is 2.70. The Morgan fingerprint density at radius 1 is 1.41 bits per heavy atom. The summed E-state index contributed by atoms with van der Waals surface area (Å²) in [6, 6.07) is 0.0205. The first-order valence-electron chi connectivity index (χ1n) is 6.39. The third-order valence-corrected chi connectivity index (χ3v) is 2.70. The number of hydrogen-bond acceptors (Lipinski definition) is 3. The smallest absolute Gasteiger partial charge is 0.220 e. The van der Waals surface area contributed by atoms with Gasteiger partial charge >= 0.3 is 0 Å². The van der Waals surface area contributed by atoms with Crippen LogP contribution in [0.4, 0.5) is 0 Å². The molecule has 1 amide bonds. The van der Waals surface area contributed by atoms with E-state index in [1.807, 2.05) is 6.92 Å². The summed E-state index contributed by atoms with van der Waals surface area (Å²) in [4.78, 5) is 11.7. The van der Waals surface area contributed by atoms with Crippen LogP contribution in [-0.4, -0.2) is 36.9 Å². The summed E-state index contributed by atoms with van der Waals surface area (Å²) < 4.78 is 5.18. The average molecular weight is 245 g/mol. The molecule has 4 nitrogen and oxygen atoms in total. The van der Waals surface area contributed by atoms with Gasteiger partial charge in [-0.25, -0.2) is 0 Å². The molecule has 0 spiro atoms. The van der Waals surface area contributed by atoms with Gasteiger partial charge in [0.2, 0.25) is 5.91 Å². The minimum Gasteiger partial charge on any atom is -0.396 e. The van der Waals surface area contributed by atoms with Gasteiger partial charge in [-0.1, -0.05) is 20.8 Å². The number of aliphatic hydroxyl groups excluding tert-OH is 1. The van der Waals surface area contributed by atoms with Crippen molar-refractivity contribution in [1.29, 1.82) is 0 Å². The largest absolute Gasteiger partial charge is 0.396 e. The Labute approximate surface area is 105 Å². The monoisotopic (exact) mass is 245 g/mol. The van der Waals surface area contributed by atoms with E-state index in [-0.39, 0.29) is 24.0 Å². The molecule has 17 heavy (non-hydrogen) atoms. The van der Waals surface area contributed by atoms with E-state index in [2.05, 4.69) is 26.1 Å². The van der Waals surface area contributed by atoms with Gasteiger partial charge in [-0.05, 0) is 25.2 Å². The van der Waals surface area contributed by atoms with Crippen molar-refractivity contribution in [3.63, 3.8) is 0 Å². The molecule has 0 aromatic rings. The third kappa shape index (κ3) is 8.16. The molecule has 1 atom stereocenters. The van der Waals surface area contributed by atoms with Gasteiger partial charge in [0, 0.05) is 32.3 Å². The number of amides is 1. The number of carbonyl (C=O) groups is 1. The molecule has 0 aromatic carbocycles. The fraction of sp³-hybridized carbons (Fsp3) is 0.923. The number of carbonyl (C=O) groups excluding carboxylic acids is 1. The van der Waals surface area contributed by atoms with Crippen LogP contribution >= 0.6 is 0 Å².